The van der Waals surface area contributed by atoms with E-state index < -0.39 is 0 Å². The second-order valence-electron chi connectivity index (χ2n) is 5.57. The van der Waals surface area contributed by atoms with Gasteiger partial charge in [0.2, 0.25) is 5.91 Å². The number of rotatable bonds is 5. The summed E-state index contributed by atoms with van der Waals surface area (Å²) >= 11 is 5.84. The molecule has 0 atom stereocenters. The van der Waals surface area contributed by atoms with Crippen LogP contribution in [-0.2, 0) is 11.2 Å². The number of amides is 1. The first kappa shape index (κ1) is 17.5. The molecule has 3 aromatic rings. The normalized spacial score (nSPS) is 10.0. The Kier molecular flexibility index (Phi) is 5.47. The molecular weight excluding hydrogens is 348 g/mol. The van der Waals surface area contributed by atoms with Gasteiger partial charge in [0.05, 0.1) is 29.6 Å². The topological polar surface area (TPSA) is 77.8 Å². The number of halogens is 1. The molecule has 2 N–H and O–H groups in total. The van der Waals surface area contributed by atoms with E-state index in [1.165, 1.54) is 0 Å². The van der Waals surface area contributed by atoms with Crippen molar-refractivity contribution in [2.45, 2.75) is 6.42 Å². The molecule has 5 nitrogen and oxygen atoms in total. The molecule has 0 saturated heterocycles. The summed E-state index contributed by atoms with van der Waals surface area (Å²) in [6.07, 6.45) is 1.82. The van der Waals surface area contributed by atoms with Crippen LogP contribution in [0.1, 0.15) is 11.1 Å². The van der Waals surface area contributed by atoms with Crippen molar-refractivity contribution in [1.82, 2.24) is 4.98 Å². The number of anilines is 3. The number of hydrogen-bond acceptors (Lipinski definition) is 4. The third-order valence-electron chi connectivity index (χ3n) is 3.64. The molecule has 6 heteroatoms. The van der Waals surface area contributed by atoms with Crippen molar-refractivity contribution in [1.29, 1.82) is 5.26 Å². The summed E-state index contributed by atoms with van der Waals surface area (Å²) in [6.45, 7) is 0. The predicted molar refractivity (Wildman–Crippen MR) is 102 cm³/mol. The molecule has 26 heavy (non-hydrogen) atoms. The highest BCUT2D eigenvalue weighted by Gasteiger charge is 2.06. The smallest absolute Gasteiger partial charge is 0.228 e. The van der Waals surface area contributed by atoms with Gasteiger partial charge in [0, 0.05) is 5.02 Å². The molecule has 0 bridgehead atoms. The lowest BCUT2D eigenvalue weighted by atomic mass is 10.1. The van der Waals surface area contributed by atoms with Gasteiger partial charge >= 0.3 is 0 Å². The quantitative estimate of drug-likeness (QED) is 0.698. The number of nitriles is 1. The molecule has 0 saturated carbocycles. The molecule has 0 spiro atoms. The zero-order valence-electron chi connectivity index (χ0n) is 13.7. The lowest BCUT2D eigenvalue weighted by molar-refractivity contribution is -0.115. The maximum Gasteiger partial charge on any atom is 0.228 e. The van der Waals surface area contributed by atoms with E-state index in [4.69, 9.17) is 16.9 Å². The zero-order chi connectivity index (χ0) is 18.4. The monoisotopic (exact) mass is 362 g/mol. The number of nitrogens with zero attached hydrogens (tertiary/aromatic N) is 2. The van der Waals surface area contributed by atoms with Crippen LogP contribution in [0.2, 0.25) is 5.02 Å². The Bertz CT molecular complexity index is 947. The molecule has 2 aromatic carbocycles. The summed E-state index contributed by atoms with van der Waals surface area (Å²) in [5.74, 6) is 0.452. The van der Waals surface area contributed by atoms with Crippen molar-refractivity contribution < 1.29 is 4.79 Å². The average Bonchev–Trinajstić information content (AvgIpc) is 2.65. The van der Waals surface area contributed by atoms with E-state index in [2.05, 4.69) is 21.7 Å². The van der Waals surface area contributed by atoms with Gasteiger partial charge in [-0.15, -0.1) is 0 Å². The third kappa shape index (κ3) is 4.59. The Hall–Kier alpha value is -3.36. The largest absolute Gasteiger partial charge is 0.339 e. The van der Waals surface area contributed by atoms with Gasteiger partial charge in [0.25, 0.3) is 0 Å². The van der Waals surface area contributed by atoms with Crippen molar-refractivity contribution in [3.8, 4) is 6.07 Å². The van der Waals surface area contributed by atoms with Gasteiger partial charge in [-0.05, 0) is 42.0 Å². The summed E-state index contributed by atoms with van der Waals surface area (Å²) in [4.78, 5) is 16.4. The fourth-order valence-electron chi connectivity index (χ4n) is 2.36. The fraction of sp³-hybridized carbons (Fsp3) is 0.0500. The minimum absolute atomic E-state index is 0.135. The maximum atomic E-state index is 12.1. The Balaban J connectivity index is 1.61. The molecule has 0 fully saturated rings. The zero-order valence-corrected chi connectivity index (χ0v) is 14.5. The summed E-state index contributed by atoms with van der Waals surface area (Å²) < 4.78 is 0. The molecule has 1 heterocycles. The van der Waals surface area contributed by atoms with Crippen molar-refractivity contribution >= 4 is 34.7 Å². The van der Waals surface area contributed by atoms with Crippen molar-refractivity contribution in [2.75, 3.05) is 10.6 Å². The lowest BCUT2D eigenvalue weighted by Gasteiger charge is -2.09. The van der Waals surface area contributed by atoms with Crippen LogP contribution in [-0.4, -0.2) is 10.9 Å². The molecule has 0 aliphatic rings. The third-order valence-corrected chi connectivity index (χ3v) is 3.89. The average molecular weight is 363 g/mol. The number of pyridine rings is 1. The van der Waals surface area contributed by atoms with Crippen LogP contribution in [0.5, 0.6) is 0 Å². The van der Waals surface area contributed by atoms with Crippen LogP contribution in [0.4, 0.5) is 17.2 Å². The number of benzene rings is 2. The van der Waals surface area contributed by atoms with Crippen molar-refractivity contribution in [3.05, 3.63) is 83.0 Å². The number of carbonyl (C=O) groups excluding carboxylic acids is 1. The number of carbonyl (C=O) groups is 1. The number of aromatic nitrogens is 1. The van der Waals surface area contributed by atoms with Crippen LogP contribution < -0.4 is 10.6 Å². The van der Waals surface area contributed by atoms with Crippen LogP contribution in [0.15, 0.2) is 66.9 Å². The number of para-hydroxylation sites is 1. The van der Waals surface area contributed by atoms with Crippen LogP contribution >= 0.6 is 11.6 Å². The van der Waals surface area contributed by atoms with Crippen LogP contribution in [0, 0.1) is 11.3 Å². The van der Waals surface area contributed by atoms with E-state index in [1.807, 2.05) is 24.3 Å². The second kappa shape index (κ2) is 8.15. The lowest BCUT2D eigenvalue weighted by Crippen LogP contribution is -2.14. The van der Waals surface area contributed by atoms with Gasteiger partial charge in [-0.2, -0.15) is 5.26 Å². The molecule has 128 valence electrons. The Labute approximate surface area is 156 Å². The first-order valence-electron chi connectivity index (χ1n) is 7.90. The molecule has 0 radical (unpaired) electrons. The SMILES string of the molecule is N#Cc1ccccc1Nc1ccc(NC(=O)Cc2ccc(Cl)cc2)cn1. The minimum atomic E-state index is -0.135. The fourth-order valence-corrected chi connectivity index (χ4v) is 2.49. The van der Waals surface area contributed by atoms with Gasteiger partial charge in [-0.1, -0.05) is 35.9 Å². The highest BCUT2D eigenvalue weighted by Crippen LogP contribution is 2.20. The van der Waals surface area contributed by atoms with Crippen LogP contribution in [0.25, 0.3) is 0 Å². The Morgan fingerprint density at radius 3 is 2.54 bits per heavy atom. The van der Waals surface area contributed by atoms with Crippen molar-refractivity contribution in [2.24, 2.45) is 0 Å². The molecule has 1 amide bonds. The van der Waals surface area contributed by atoms with E-state index >= 15 is 0 Å². The number of nitrogens with one attached hydrogen (secondary N) is 2. The molecule has 0 aliphatic heterocycles. The van der Waals surface area contributed by atoms with Gasteiger partial charge < -0.3 is 10.6 Å². The first-order valence-corrected chi connectivity index (χ1v) is 8.28. The molecular formula is C20H15ClN4O. The first-order chi connectivity index (χ1) is 12.6. The van der Waals surface area contributed by atoms with Gasteiger partial charge in [-0.25, -0.2) is 4.98 Å². The molecule has 3 rings (SSSR count). The number of hydrogen-bond donors (Lipinski definition) is 2. The van der Waals surface area contributed by atoms with E-state index in [0.717, 1.165) is 5.56 Å². The Morgan fingerprint density at radius 2 is 1.85 bits per heavy atom. The van der Waals surface area contributed by atoms with E-state index in [1.54, 1.807) is 42.6 Å². The predicted octanol–water partition coefficient (Wildman–Crippen LogP) is 4.53. The van der Waals surface area contributed by atoms with E-state index in [-0.39, 0.29) is 12.3 Å². The summed E-state index contributed by atoms with van der Waals surface area (Å²) in [5, 5.41) is 15.6. The van der Waals surface area contributed by atoms with Crippen LogP contribution in [0.3, 0.4) is 0 Å². The molecule has 1 aromatic heterocycles. The van der Waals surface area contributed by atoms with E-state index in [0.29, 0.717) is 27.8 Å². The Morgan fingerprint density at radius 1 is 1.08 bits per heavy atom. The van der Waals surface area contributed by atoms with Gasteiger partial charge in [-0.3, -0.25) is 4.79 Å². The standard InChI is InChI=1S/C20H15ClN4O/c21-16-7-5-14(6-8-16)11-20(26)24-17-9-10-19(23-13-17)25-18-4-2-1-3-15(18)12-22/h1-10,13H,11H2,(H,23,25)(H,24,26). The van der Waals surface area contributed by atoms with Crippen molar-refractivity contribution in [3.63, 3.8) is 0 Å². The molecule has 0 unspecified atom stereocenters. The summed E-state index contributed by atoms with van der Waals surface area (Å²) in [7, 11) is 0. The minimum Gasteiger partial charge on any atom is -0.339 e. The van der Waals surface area contributed by atoms with E-state index in [9.17, 15) is 4.79 Å². The van der Waals surface area contributed by atoms with Gasteiger partial charge in [0.15, 0.2) is 0 Å². The molecule has 0 aliphatic carbocycles. The highest BCUT2D eigenvalue weighted by molar-refractivity contribution is 6.30. The highest BCUT2D eigenvalue weighted by atomic mass is 35.5. The maximum absolute atomic E-state index is 12.1. The second-order valence-corrected chi connectivity index (χ2v) is 6.00. The summed E-state index contributed by atoms with van der Waals surface area (Å²) in [6, 6.07) is 20.0. The summed E-state index contributed by atoms with van der Waals surface area (Å²) in [5.41, 5.74) is 2.70. The van der Waals surface area contributed by atoms with Gasteiger partial charge in [0.1, 0.15) is 11.9 Å².